The second-order valence-electron chi connectivity index (χ2n) is 4.50. The van der Waals surface area contributed by atoms with Gasteiger partial charge in [-0.2, -0.15) is 0 Å². The van der Waals surface area contributed by atoms with Crippen molar-refractivity contribution in [2.24, 2.45) is 5.41 Å². The summed E-state index contributed by atoms with van der Waals surface area (Å²) in [6.07, 6.45) is 0.914. The van der Waals surface area contributed by atoms with Crippen LogP contribution in [0.4, 0.5) is 5.69 Å². The molecule has 0 saturated heterocycles. The van der Waals surface area contributed by atoms with Crippen molar-refractivity contribution in [2.45, 2.75) is 33.1 Å². The molecule has 1 aromatic rings. The van der Waals surface area contributed by atoms with Gasteiger partial charge in [-0.25, -0.2) is 0 Å². The van der Waals surface area contributed by atoms with Crippen molar-refractivity contribution < 1.29 is 14.8 Å². The molecule has 6 heteroatoms. The van der Waals surface area contributed by atoms with Gasteiger partial charge in [0, 0.05) is 16.7 Å². The van der Waals surface area contributed by atoms with Gasteiger partial charge in [0.05, 0.1) is 10.3 Å². The minimum Gasteiger partial charge on any atom is -0.481 e. The maximum Gasteiger partial charge on any atom is 0.309 e. The van der Waals surface area contributed by atoms with Gasteiger partial charge in [-0.05, 0) is 31.4 Å². The summed E-state index contributed by atoms with van der Waals surface area (Å²) in [5.74, 6) is -0.938. The number of carbonyl (C=O) groups is 1. The van der Waals surface area contributed by atoms with Gasteiger partial charge in [0.2, 0.25) is 0 Å². The van der Waals surface area contributed by atoms with E-state index in [0.29, 0.717) is 23.4 Å². The Morgan fingerprint density at radius 2 is 2.00 bits per heavy atom. The van der Waals surface area contributed by atoms with Gasteiger partial charge in [0.1, 0.15) is 0 Å². The highest BCUT2D eigenvalue weighted by Gasteiger charge is 2.36. The number of benzene rings is 1. The molecule has 19 heavy (non-hydrogen) atoms. The Hall–Kier alpha value is -1.62. The smallest absolute Gasteiger partial charge is 0.309 e. The third-order valence-electron chi connectivity index (χ3n) is 3.57. The number of hydrogen-bond donors (Lipinski definition) is 1. The summed E-state index contributed by atoms with van der Waals surface area (Å²) in [6.45, 7) is 3.54. The van der Waals surface area contributed by atoms with Crippen LogP contribution in [0.15, 0.2) is 18.2 Å². The highest BCUT2D eigenvalue weighted by molar-refractivity contribution is 6.30. The van der Waals surface area contributed by atoms with E-state index in [1.54, 1.807) is 13.8 Å². The molecule has 0 aromatic heterocycles. The van der Waals surface area contributed by atoms with E-state index in [2.05, 4.69) is 0 Å². The Kier molecular flexibility index (Phi) is 4.89. The van der Waals surface area contributed by atoms with Crippen molar-refractivity contribution in [3.05, 3.63) is 38.9 Å². The largest absolute Gasteiger partial charge is 0.481 e. The Bertz CT molecular complexity index is 497. The number of nitro groups is 1. The zero-order chi connectivity index (χ0) is 14.6. The topological polar surface area (TPSA) is 80.4 Å². The minimum absolute atomic E-state index is 0.0862. The van der Waals surface area contributed by atoms with Gasteiger partial charge in [0.15, 0.2) is 0 Å². The van der Waals surface area contributed by atoms with E-state index in [4.69, 9.17) is 11.6 Å². The lowest BCUT2D eigenvalue weighted by Crippen LogP contribution is -2.32. The average Bonchev–Trinajstić information content (AvgIpc) is 2.35. The summed E-state index contributed by atoms with van der Waals surface area (Å²) >= 11 is 5.85. The molecule has 1 N–H and O–H groups in total. The summed E-state index contributed by atoms with van der Waals surface area (Å²) in [5.41, 5.74) is -0.712. The van der Waals surface area contributed by atoms with Crippen molar-refractivity contribution >= 4 is 23.3 Å². The first kappa shape index (κ1) is 15.4. The quantitative estimate of drug-likeness (QED) is 0.638. The van der Waals surface area contributed by atoms with Crippen LogP contribution in [0.3, 0.4) is 0 Å². The SMILES string of the molecule is CCC(CC)(Cc1cc(Cl)ccc1[N+](=O)[O-])C(=O)O. The van der Waals surface area contributed by atoms with Crippen LogP contribution in [0.1, 0.15) is 32.3 Å². The van der Waals surface area contributed by atoms with Gasteiger partial charge < -0.3 is 5.11 Å². The lowest BCUT2D eigenvalue weighted by molar-refractivity contribution is -0.385. The molecule has 0 amide bonds. The van der Waals surface area contributed by atoms with Crippen LogP contribution in [0.2, 0.25) is 5.02 Å². The van der Waals surface area contributed by atoms with Gasteiger partial charge in [0.25, 0.3) is 5.69 Å². The molecular weight excluding hydrogens is 270 g/mol. The van der Waals surface area contributed by atoms with Crippen LogP contribution in [0.25, 0.3) is 0 Å². The van der Waals surface area contributed by atoms with Crippen molar-refractivity contribution in [1.29, 1.82) is 0 Å². The number of nitro benzene ring substituents is 1. The summed E-state index contributed by atoms with van der Waals surface area (Å²) in [5, 5.41) is 20.7. The Balaban J connectivity index is 3.26. The number of carboxylic acids is 1. The Morgan fingerprint density at radius 3 is 2.42 bits per heavy atom. The molecular formula is C13H16ClNO4. The normalized spacial score (nSPS) is 11.3. The van der Waals surface area contributed by atoms with Gasteiger partial charge >= 0.3 is 5.97 Å². The molecule has 0 aliphatic heterocycles. The fraction of sp³-hybridized carbons (Fsp3) is 0.462. The molecule has 1 rings (SSSR count). The number of halogens is 1. The van der Waals surface area contributed by atoms with Crippen LogP contribution >= 0.6 is 11.6 Å². The van der Waals surface area contributed by atoms with Crippen LogP contribution < -0.4 is 0 Å². The highest BCUT2D eigenvalue weighted by Crippen LogP contribution is 2.35. The number of carboxylic acid groups (broad SMARTS) is 1. The Morgan fingerprint density at radius 1 is 1.42 bits per heavy atom. The van der Waals surface area contributed by atoms with Crippen molar-refractivity contribution in [1.82, 2.24) is 0 Å². The molecule has 0 fully saturated rings. The molecule has 0 saturated carbocycles. The van der Waals surface area contributed by atoms with Crippen LogP contribution in [0, 0.1) is 15.5 Å². The van der Waals surface area contributed by atoms with E-state index < -0.39 is 16.3 Å². The lowest BCUT2D eigenvalue weighted by Gasteiger charge is -2.26. The first-order chi connectivity index (χ1) is 8.86. The third kappa shape index (κ3) is 3.23. The summed E-state index contributed by atoms with van der Waals surface area (Å²) in [6, 6.07) is 4.22. The molecule has 0 aliphatic carbocycles. The number of aliphatic carboxylic acids is 1. The fourth-order valence-corrected chi connectivity index (χ4v) is 2.31. The number of rotatable bonds is 6. The predicted octanol–water partition coefficient (Wildman–Crippen LogP) is 3.68. The Labute approximate surface area is 116 Å². The van der Waals surface area contributed by atoms with E-state index in [0.717, 1.165) is 0 Å². The molecule has 1 aromatic carbocycles. The van der Waals surface area contributed by atoms with Crippen LogP contribution in [-0.2, 0) is 11.2 Å². The van der Waals surface area contributed by atoms with Crippen molar-refractivity contribution in [2.75, 3.05) is 0 Å². The molecule has 0 heterocycles. The molecule has 0 radical (unpaired) electrons. The van der Waals surface area contributed by atoms with Crippen molar-refractivity contribution in [3.63, 3.8) is 0 Å². The summed E-state index contributed by atoms with van der Waals surface area (Å²) in [4.78, 5) is 21.9. The van der Waals surface area contributed by atoms with Crippen LogP contribution in [-0.4, -0.2) is 16.0 Å². The molecule has 0 bridgehead atoms. The number of hydrogen-bond acceptors (Lipinski definition) is 3. The zero-order valence-electron chi connectivity index (χ0n) is 10.9. The van der Waals surface area contributed by atoms with Crippen LogP contribution in [0.5, 0.6) is 0 Å². The molecule has 0 unspecified atom stereocenters. The van der Waals surface area contributed by atoms with E-state index in [9.17, 15) is 20.0 Å². The first-order valence-corrected chi connectivity index (χ1v) is 6.40. The highest BCUT2D eigenvalue weighted by atomic mass is 35.5. The molecule has 0 atom stereocenters. The lowest BCUT2D eigenvalue weighted by atomic mass is 9.77. The zero-order valence-corrected chi connectivity index (χ0v) is 11.6. The van der Waals surface area contributed by atoms with Gasteiger partial charge in [-0.1, -0.05) is 25.4 Å². The fourth-order valence-electron chi connectivity index (χ4n) is 2.12. The first-order valence-electron chi connectivity index (χ1n) is 6.02. The summed E-state index contributed by atoms with van der Waals surface area (Å²) in [7, 11) is 0. The molecule has 104 valence electrons. The van der Waals surface area contributed by atoms with E-state index in [1.165, 1.54) is 18.2 Å². The van der Waals surface area contributed by atoms with E-state index in [1.807, 2.05) is 0 Å². The third-order valence-corrected chi connectivity index (χ3v) is 3.81. The molecule has 5 nitrogen and oxygen atoms in total. The minimum atomic E-state index is -0.991. The standard InChI is InChI=1S/C13H16ClNO4/c1-3-13(4-2,12(16)17)8-9-7-10(14)5-6-11(9)15(18)19/h5-7H,3-4,8H2,1-2H3,(H,16,17). The maximum absolute atomic E-state index is 11.5. The molecule has 0 aliphatic rings. The monoisotopic (exact) mass is 285 g/mol. The van der Waals surface area contributed by atoms with Gasteiger partial charge in [-0.15, -0.1) is 0 Å². The van der Waals surface area contributed by atoms with Gasteiger partial charge in [-0.3, -0.25) is 14.9 Å². The maximum atomic E-state index is 11.5. The summed E-state index contributed by atoms with van der Waals surface area (Å²) < 4.78 is 0. The second kappa shape index (κ2) is 6.02. The van der Waals surface area contributed by atoms with Crippen molar-refractivity contribution in [3.8, 4) is 0 Å². The van der Waals surface area contributed by atoms with E-state index >= 15 is 0 Å². The second-order valence-corrected chi connectivity index (χ2v) is 4.94. The van der Waals surface area contributed by atoms with E-state index in [-0.39, 0.29) is 12.1 Å². The predicted molar refractivity (Wildman–Crippen MR) is 72.5 cm³/mol. The molecule has 0 spiro atoms. The number of nitrogens with zero attached hydrogens (tertiary/aromatic N) is 1. The average molecular weight is 286 g/mol.